The fraction of sp³-hybridized carbons (Fsp3) is 0.190. The summed E-state index contributed by atoms with van der Waals surface area (Å²) in [5.41, 5.74) is 3.46. The van der Waals surface area contributed by atoms with Gasteiger partial charge in [0.2, 0.25) is 0 Å². The number of halogens is 3. The third kappa shape index (κ3) is 3.78. The largest absolute Gasteiger partial charge is 0.322 e. The number of aromatic nitrogens is 4. The number of benzene rings is 1. The molecule has 0 spiro atoms. The third-order valence-corrected chi connectivity index (χ3v) is 4.74. The molecular weight excluding hydrogens is 395 g/mol. The van der Waals surface area contributed by atoms with Crippen molar-refractivity contribution in [3.05, 3.63) is 71.6 Å². The molecule has 6 nitrogen and oxygen atoms in total. The second-order valence-electron chi connectivity index (χ2n) is 7.04. The fourth-order valence-corrected chi connectivity index (χ4v) is 3.22. The molecule has 9 heteroatoms. The van der Waals surface area contributed by atoms with Crippen molar-refractivity contribution < 1.29 is 18.0 Å². The van der Waals surface area contributed by atoms with Crippen molar-refractivity contribution in [2.45, 2.75) is 26.8 Å². The molecule has 3 heterocycles. The van der Waals surface area contributed by atoms with Crippen LogP contribution >= 0.6 is 0 Å². The quantitative estimate of drug-likeness (QED) is 0.525. The second-order valence-corrected chi connectivity index (χ2v) is 7.04. The molecule has 4 aromatic rings. The van der Waals surface area contributed by atoms with E-state index in [2.05, 4.69) is 15.5 Å². The summed E-state index contributed by atoms with van der Waals surface area (Å²) < 4.78 is 42.3. The van der Waals surface area contributed by atoms with Gasteiger partial charge >= 0.3 is 0 Å². The number of alkyl halides is 2. The van der Waals surface area contributed by atoms with E-state index in [0.717, 1.165) is 10.2 Å². The molecule has 0 unspecified atom stereocenters. The van der Waals surface area contributed by atoms with Crippen LogP contribution in [0.5, 0.6) is 0 Å². The Kier molecular flexibility index (Phi) is 5.03. The Labute approximate surface area is 169 Å². The van der Waals surface area contributed by atoms with E-state index in [4.69, 9.17) is 0 Å². The van der Waals surface area contributed by atoms with Gasteiger partial charge < -0.3 is 5.32 Å². The van der Waals surface area contributed by atoms with Crippen molar-refractivity contribution in [1.29, 1.82) is 0 Å². The van der Waals surface area contributed by atoms with Crippen LogP contribution in [0.3, 0.4) is 0 Å². The zero-order valence-corrected chi connectivity index (χ0v) is 16.2. The van der Waals surface area contributed by atoms with E-state index in [-0.39, 0.29) is 11.5 Å². The van der Waals surface area contributed by atoms with E-state index in [0.29, 0.717) is 27.9 Å². The Bertz CT molecular complexity index is 1240. The summed E-state index contributed by atoms with van der Waals surface area (Å²) in [6.45, 7) is 3.02. The number of rotatable bonds is 5. The Morgan fingerprint density at radius 3 is 2.70 bits per heavy atom. The number of hydrogen-bond donors (Lipinski definition) is 1. The van der Waals surface area contributed by atoms with E-state index < -0.39 is 18.8 Å². The maximum atomic E-state index is 14.5. The Morgan fingerprint density at radius 2 is 1.93 bits per heavy atom. The first kappa shape index (κ1) is 19.7. The number of hydrogen-bond acceptors (Lipinski definition) is 3. The molecule has 1 N–H and O–H groups in total. The smallest absolute Gasteiger partial charge is 0.259 e. The molecule has 30 heavy (non-hydrogen) atoms. The lowest BCUT2D eigenvalue weighted by Crippen LogP contribution is -2.13. The number of carbonyl (C=O) groups excluding carboxylic acids is 1. The van der Waals surface area contributed by atoms with E-state index in [1.165, 1.54) is 30.7 Å². The van der Waals surface area contributed by atoms with Gasteiger partial charge in [0.1, 0.15) is 12.4 Å². The number of anilines is 1. The average Bonchev–Trinajstić information content (AvgIpc) is 3.30. The fourth-order valence-electron chi connectivity index (χ4n) is 3.22. The molecule has 0 aliphatic rings. The maximum Gasteiger partial charge on any atom is 0.259 e. The summed E-state index contributed by atoms with van der Waals surface area (Å²) in [5, 5.41) is 10.8. The van der Waals surface area contributed by atoms with Crippen LogP contribution in [0, 0.1) is 19.7 Å². The van der Waals surface area contributed by atoms with E-state index >= 15 is 0 Å². The summed E-state index contributed by atoms with van der Waals surface area (Å²) in [6.07, 6.45) is 3.38. The van der Waals surface area contributed by atoms with Crippen LogP contribution in [0.2, 0.25) is 0 Å². The van der Waals surface area contributed by atoms with Crippen LogP contribution in [0.4, 0.5) is 18.9 Å². The van der Waals surface area contributed by atoms with Crippen LogP contribution in [-0.2, 0) is 6.54 Å². The van der Waals surface area contributed by atoms with Crippen molar-refractivity contribution in [1.82, 2.24) is 19.4 Å². The molecule has 4 rings (SSSR count). The molecule has 3 aromatic heterocycles. The summed E-state index contributed by atoms with van der Waals surface area (Å²) in [5.74, 6) is -0.920. The third-order valence-electron chi connectivity index (χ3n) is 4.74. The van der Waals surface area contributed by atoms with Crippen molar-refractivity contribution in [3.8, 4) is 11.1 Å². The summed E-state index contributed by atoms with van der Waals surface area (Å²) in [7, 11) is 0. The highest BCUT2D eigenvalue weighted by molar-refractivity contribution is 6.09. The topological polar surface area (TPSA) is 64.2 Å². The lowest BCUT2D eigenvalue weighted by Gasteiger charge is -2.11. The zero-order chi connectivity index (χ0) is 21.4. The van der Waals surface area contributed by atoms with Crippen molar-refractivity contribution in [3.63, 3.8) is 0 Å². The highest BCUT2D eigenvalue weighted by atomic mass is 19.3. The lowest BCUT2D eigenvalue weighted by molar-refractivity contribution is 0.102. The van der Waals surface area contributed by atoms with Gasteiger partial charge in [-0.25, -0.2) is 17.7 Å². The normalized spacial score (nSPS) is 11.4. The molecular formula is C21H18F3N5O. The molecule has 154 valence electrons. The molecule has 0 fully saturated rings. The molecule has 0 saturated heterocycles. The predicted octanol–water partition coefficient (Wildman–Crippen LogP) is 4.47. The van der Waals surface area contributed by atoms with Crippen LogP contribution in [0.15, 0.2) is 49.1 Å². The Balaban J connectivity index is 1.65. The van der Waals surface area contributed by atoms with Gasteiger partial charge in [0.25, 0.3) is 12.3 Å². The number of amides is 1. The minimum atomic E-state index is -2.56. The molecule has 0 bridgehead atoms. The van der Waals surface area contributed by atoms with Crippen LogP contribution in [0.1, 0.15) is 21.5 Å². The first-order valence-electron chi connectivity index (χ1n) is 9.18. The maximum absolute atomic E-state index is 14.5. The molecule has 0 radical (unpaired) electrons. The second kappa shape index (κ2) is 7.66. The van der Waals surface area contributed by atoms with Crippen molar-refractivity contribution in [2.24, 2.45) is 0 Å². The summed E-state index contributed by atoms with van der Waals surface area (Å²) >= 11 is 0. The highest BCUT2D eigenvalue weighted by Gasteiger charge is 2.17. The van der Waals surface area contributed by atoms with E-state index in [1.54, 1.807) is 17.5 Å². The van der Waals surface area contributed by atoms with E-state index in [9.17, 15) is 18.0 Å². The van der Waals surface area contributed by atoms with Gasteiger partial charge in [-0.2, -0.15) is 10.2 Å². The summed E-state index contributed by atoms with van der Waals surface area (Å²) in [6, 6.07) is 6.45. The van der Waals surface area contributed by atoms with Gasteiger partial charge in [0, 0.05) is 29.2 Å². The molecule has 0 atom stereocenters. The minimum Gasteiger partial charge on any atom is -0.322 e. The average molecular weight is 413 g/mol. The van der Waals surface area contributed by atoms with Crippen molar-refractivity contribution in [2.75, 3.05) is 5.32 Å². The molecule has 0 aliphatic heterocycles. The number of fused-ring (bicyclic) bond motifs is 1. The molecule has 1 amide bonds. The van der Waals surface area contributed by atoms with Gasteiger partial charge in [-0.05, 0) is 43.2 Å². The number of nitrogens with zero attached hydrogens (tertiary/aromatic N) is 4. The van der Waals surface area contributed by atoms with Gasteiger partial charge in [-0.15, -0.1) is 0 Å². The Morgan fingerprint density at radius 1 is 1.13 bits per heavy atom. The van der Waals surface area contributed by atoms with Gasteiger partial charge in [0.15, 0.2) is 0 Å². The van der Waals surface area contributed by atoms with E-state index in [1.807, 2.05) is 19.2 Å². The van der Waals surface area contributed by atoms with Crippen LogP contribution < -0.4 is 5.32 Å². The number of nitrogens with one attached hydrogen (secondary N) is 1. The molecule has 0 aliphatic carbocycles. The minimum absolute atomic E-state index is 0.159. The molecule has 0 saturated carbocycles. The number of aryl methyl sites for hydroxylation is 2. The highest BCUT2D eigenvalue weighted by Crippen LogP contribution is 2.29. The molecule has 1 aromatic carbocycles. The lowest BCUT2D eigenvalue weighted by atomic mass is 10.0. The standard InChI is InChI=1S/C21H18F3N5O/c1-12-3-4-19-16(8-26-29(19)9-12)21(30)27-18-6-15(17(22)5-13(18)2)14-7-25-28(10-14)11-20(23)24/h3-10,20H,11H2,1-2H3,(H,27,30). The first-order chi connectivity index (χ1) is 14.3. The van der Waals surface area contributed by atoms with Gasteiger partial charge in [0.05, 0.1) is 23.5 Å². The van der Waals surface area contributed by atoms with Crippen molar-refractivity contribution >= 4 is 17.1 Å². The Hall–Kier alpha value is -3.62. The number of pyridine rings is 1. The van der Waals surface area contributed by atoms with Crippen LogP contribution in [0.25, 0.3) is 16.6 Å². The SMILES string of the molecule is Cc1ccc2c(C(=O)Nc3cc(-c4cnn(CC(F)F)c4)c(F)cc3C)cnn2c1. The van der Waals surface area contributed by atoms with Gasteiger partial charge in [-0.3, -0.25) is 9.48 Å². The van der Waals surface area contributed by atoms with Gasteiger partial charge in [-0.1, -0.05) is 6.07 Å². The zero-order valence-electron chi connectivity index (χ0n) is 16.2. The number of carbonyl (C=O) groups is 1. The van der Waals surface area contributed by atoms with Crippen LogP contribution in [-0.4, -0.2) is 31.7 Å². The predicted molar refractivity (Wildman–Crippen MR) is 106 cm³/mol. The summed E-state index contributed by atoms with van der Waals surface area (Å²) in [4.78, 5) is 12.8. The first-order valence-corrected chi connectivity index (χ1v) is 9.18. The monoisotopic (exact) mass is 413 g/mol.